The molecule has 0 spiro atoms. The number of rotatable bonds is 7. The number of nitrogens with two attached hydrogens (primary N) is 1. The summed E-state index contributed by atoms with van der Waals surface area (Å²) in [6.07, 6.45) is 0. The van der Waals surface area contributed by atoms with Gasteiger partial charge in [0, 0.05) is 31.6 Å². The molecule has 3 N–H and O–H groups in total. The molecule has 4 nitrogen and oxygen atoms in total. The molecule has 0 aliphatic carbocycles. The first-order valence-electron chi connectivity index (χ1n) is 6.86. The standard InChI is InChI=1S/C15H24FN3O/c1-11(12(2)17)15(20)18-8-9-19(3)10-13-4-6-14(16)7-5-13/h4-7,11-12H,8-10,17H2,1-3H3,(H,18,20). The molecule has 0 aliphatic heterocycles. The van der Waals surface area contributed by atoms with Gasteiger partial charge in [-0.15, -0.1) is 0 Å². The number of likely N-dealkylation sites (N-methyl/N-ethyl adjacent to an activating group) is 1. The van der Waals surface area contributed by atoms with Gasteiger partial charge in [-0.1, -0.05) is 19.1 Å². The van der Waals surface area contributed by atoms with Gasteiger partial charge in [0.05, 0.1) is 0 Å². The molecule has 2 unspecified atom stereocenters. The lowest BCUT2D eigenvalue weighted by Gasteiger charge is -2.19. The van der Waals surface area contributed by atoms with Crippen LogP contribution >= 0.6 is 0 Å². The lowest BCUT2D eigenvalue weighted by molar-refractivity contribution is -0.124. The largest absolute Gasteiger partial charge is 0.355 e. The summed E-state index contributed by atoms with van der Waals surface area (Å²) in [5, 5.41) is 2.87. The van der Waals surface area contributed by atoms with Crippen LogP contribution in [0.3, 0.4) is 0 Å². The molecule has 1 amide bonds. The van der Waals surface area contributed by atoms with Crippen molar-refractivity contribution in [2.75, 3.05) is 20.1 Å². The highest BCUT2D eigenvalue weighted by molar-refractivity contribution is 5.78. The zero-order chi connectivity index (χ0) is 15.1. The number of halogens is 1. The molecule has 0 saturated carbocycles. The molecule has 0 heterocycles. The number of amides is 1. The average molecular weight is 281 g/mol. The molecule has 5 heteroatoms. The minimum atomic E-state index is -0.228. The fourth-order valence-electron chi connectivity index (χ4n) is 1.75. The predicted octanol–water partition coefficient (Wildman–Crippen LogP) is 1.36. The third kappa shape index (κ3) is 5.67. The van der Waals surface area contributed by atoms with Crippen LogP contribution in [0.1, 0.15) is 19.4 Å². The average Bonchev–Trinajstić information content (AvgIpc) is 2.40. The van der Waals surface area contributed by atoms with Gasteiger partial charge in [0.1, 0.15) is 5.82 Å². The molecule has 1 aromatic carbocycles. The quantitative estimate of drug-likeness (QED) is 0.793. The Balaban J connectivity index is 2.28. The minimum absolute atomic E-state index is 0.0183. The van der Waals surface area contributed by atoms with Crippen molar-refractivity contribution in [1.29, 1.82) is 0 Å². The van der Waals surface area contributed by atoms with E-state index in [0.717, 1.165) is 18.7 Å². The molecule has 0 aromatic heterocycles. The maximum Gasteiger partial charge on any atom is 0.224 e. The van der Waals surface area contributed by atoms with Crippen LogP contribution in [0.2, 0.25) is 0 Å². The first-order valence-corrected chi connectivity index (χ1v) is 6.86. The molecule has 1 aromatic rings. The van der Waals surface area contributed by atoms with Crippen molar-refractivity contribution in [1.82, 2.24) is 10.2 Å². The summed E-state index contributed by atoms with van der Waals surface area (Å²) in [6, 6.07) is 6.29. The molecular formula is C15H24FN3O. The van der Waals surface area contributed by atoms with E-state index in [1.54, 1.807) is 12.1 Å². The number of carbonyl (C=O) groups is 1. The van der Waals surface area contributed by atoms with Crippen LogP contribution in [0.25, 0.3) is 0 Å². The molecule has 0 saturated heterocycles. The van der Waals surface area contributed by atoms with Gasteiger partial charge in [-0.2, -0.15) is 0 Å². The summed E-state index contributed by atoms with van der Waals surface area (Å²) in [5.41, 5.74) is 6.73. The second-order valence-electron chi connectivity index (χ2n) is 5.30. The van der Waals surface area contributed by atoms with Gasteiger partial charge in [0.2, 0.25) is 5.91 Å². The first kappa shape index (κ1) is 16.6. The third-order valence-corrected chi connectivity index (χ3v) is 3.36. The summed E-state index contributed by atoms with van der Waals surface area (Å²) in [7, 11) is 1.96. The molecule has 0 bridgehead atoms. The number of nitrogens with zero attached hydrogens (tertiary/aromatic N) is 1. The maximum absolute atomic E-state index is 12.8. The summed E-state index contributed by atoms with van der Waals surface area (Å²) in [4.78, 5) is 13.8. The second-order valence-corrected chi connectivity index (χ2v) is 5.30. The van der Waals surface area contributed by atoms with Gasteiger partial charge in [-0.05, 0) is 31.7 Å². The molecule has 0 fully saturated rings. The van der Waals surface area contributed by atoms with E-state index in [0.29, 0.717) is 6.54 Å². The van der Waals surface area contributed by atoms with E-state index >= 15 is 0 Å². The number of hydrogen-bond donors (Lipinski definition) is 2. The van der Waals surface area contributed by atoms with E-state index in [1.807, 2.05) is 20.9 Å². The van der Waals surface area contributed by atoms with Crippen molar-refractivity contribution >= 4 is 5.91 Å². The Morgan fingerprint density at radius 2 is 1.95 bits per heavy atom. The monoisotopic (exact) mass is 281 g/mol. The van der Waals surface area contributed by atoms with Crippen molar-refractivity contribution in [2.45, 2.75) is 26.4 Å². The van der Waals surface area contributed by atoms with Crippen molar-refractivity contribution in [2.24, 2.45) is 11.7 Å². The molecule has 20 heavy (non-hydrogen) atoms. The third-order valence-electron chi connectivity index (χ3n) is 3.36. The lowest BCUT2D eigenvalue weighted by atomic mass is 10.0. The van der Waals surface area contributed by atoms with Gasteiger partial charge in [-0.25, -0.2) is 4.39 Å². The molecular weight excluding hydrogens is 257 g/mol. The molecule has 0 aliphatic rings. The van der Waals surface area contributed by atoms with Crippen LogP contribution < -0.4 is 11.1 Å². The van der Waals surface area contributed by atoms with Crippen LogP contribution in [0.5, 0.6) is 0 Å². The smallest absolute Gasteiger partial charge is 0.224 e. The second kappa shape index (κ2) is 7.97. The van der Waals surface area contributed by atoms with Crippen LogP contribution in [0, 0.1) is 11.7 Å². The lowest BCUT2D eigenvalue weighted by Crippen LogP contribution is -2.41. The number of carbonyl (C=O) groups excluding carboxylic acids is 1. The van der Waals surface area contributed by atoms with E-state index in [1.165, 1.54) is 12.1 Å². The predicted molar refractivity (Wildman–Crippen MR) is 78.6 cm³/mol. The van der Waals surface area contributed by atoms with Crippen LogP contribution in [-0.4, -0.2) is 37.0 Å². The normalized spacial score (nSPS) is 14.1. The fraction of sp³-hybridized carbons (Fsp3) is 0.533. The maximum atomic E-state index is 12.8. The SMILES string of the molecule is CC(N)C(C)C(=O)NCCN(C)Cc1ccc(F)cc1. The number of nitrogens with one attached hydrogen (secondary N) is 1. The zero-order valence-electron chi connectivity index (χ0n) is 12.4. The van der Waals surface area contributed by atoms with Gasteiger partial charge in [0.25, 0.3) is 0 Å². The van der Waals surface area contributed by atoms with Crippen molar-refractivity contribution in [3.8, 4) is 0 Å². The minimum Gasteiger partial charge on any atom is -0.355 e. The summed E-state index contributed by atoms with van der Waals surface area (Å²) >= 11 is 0. The summed E-state index contributed by atoms with van der Waals surface area (Å²) in [5.74, 6) is -0.429. The van der Waals surface area contributed by atoms with Crippen LogP contribution in [0.4, 0.5) is 4.39 Å². The highest BCUT2D eigenvalue weighted by Gasteiger charge is 2.16. The van der Waals surface area contributed by atoms with Crippen molar-refractivity contribution in [3.05, 3.63) is 35.6 Å². The molecule has 2 atom stereocenters. The van der Waals surface area contributed by atoms with Crippen molar-refractivity contribution < 1.29 is 9.18 Å². The van der Waals surface area contributed by atoms with E-state index in [9.17, 15) is 9.18 Å². The van der Waals surface area contributed by atoms with E-state index in [4.69, 9.17) is 5.73 Å². The Kier molecular flexibility index (Phi) is 6.61. The Labute approximate surface area is 120 Å². The molecule has 1 rings (SSSR count). The van der Waals surface area contributed by atoms with E-state index in [-0.39, 0.29) is 23.7 Å². The number of hydrogen-bond acceptors (Lipinski definition) is 3. The van der Waals surface area contributed by atoms with E-state index < -0.39 is 0 Å². The van der Waals surface area contributed by atoms with Gasteiger partial charge >= 0.3 is 0 Å². The van der Waals surface area contributed by atoms with Gasteiger partial charge in [0.15, 0.2) is 0 Å². The van der Waals surface area contributed by atoms with Gasteiger partial charge in [-0.3, -0.25) is 4.79 Å². The highest BCUT2D eigenvalue weighted by atomic mass is 19.1. The summed E-state index contributed by atoms with van der Waals surface area (Å²) in [6.45, 7) is 5.68. The zero-order valence-corrected chi connectivity index (χ0v) is 12.4. The topological polar surface area (TPSA) is 58.4 Å². The Hall–Kier alpha value is -1.46. The summed E-state index contributed by atoms with van der Waals surface area (Å²) < 4.78 is 12.8. The van der Waals surface area contributed by atoms with Gasteiger partial charge < -0.3 is 16.0 Å². The Morgan fingerprint density at radius 1 is 1.35 bits per heavy atom. The molecule has 0 radical (unpaired) electrons. The highest BCUT2D eigenvalue weighted by Crippen LogP contribution is 2.05. The number of benzene rings is 1. The van der Waals surface area contributed by atoms with Crippen molar-refractivity contribution in [3.63, 3.8) is 0 Å². The Bertz CT molecular complexity index is 420. The Morgan fingerprint density at radius 3 is 2.50 bits per heavy atom. The fourth-order valence-corrected chi connectivity index (χ4v) is 1.75. The van der Waals surface area contributed by atoms with Crippen LogP contribution in [-0.2, 0) is 11.3 Å². The van der Waals surface area contributed by atoms with Crippen LogP contribution in [0.15, 0.2) is 24.3 Å². The van der Waals surface area contributed by atoms with E-state index in [2.05, 4.69) is 10.2 Å². The molecule has 112 valence electrons. The first-order chi connectivity index (χ1) is 9.40.